The zero-order chi connectivity index (χ0) is 41.1. The molecule has 0 saturated heterocycles. The topological polar surface area (TPSA) is 64.6 Å². The molecule has 0 saturated carbocycles. The maximum atomic E-state index is 6.36. The molecule has 0 aliphatic rings. The Bertz CT molecular complexity index is 2860. The van der Waals surface area contributed by atoms with Crippen LogP contribution >= 0.6 is 0 Å². The molecule has 9 aromatic carbocycles. The molecular formula is C54H38O7. The van der Waals surface area contributed by atoms with Gasteiger partial charge in [0, 0.05) is 18.2 Å². The lowest BCUT2D eigenvalue weighted by molar-refractivity contribution is 0.393. The minimum Gasteiger partial charge on any atom is -0.457 e. The van der Waals surface area contributed by atoms with Crippen molar-refractivity contribution < 1.29 is 33.2 Å². The number of hydrogen-bond acceptors (Lipinski definition) is 7. The first kappa shape index (κ1) is 38.1. The average molecular weight is 799 g/mol. The second kappa shape index (κ2) is 18.4. The SMILES string of the molecule is c1ccc(Oc2cccc(Oc3cccc(Oc4cccc(-c5cccc(Oc6cccc(Oc7ccccc7Oc7ccccc7Oc7ccccc7)c6)c5)c4)c3)c2)cc1. The van der Waals surface area contributed by atoms with Crippen LogP contribution in [-0.2, 0) is 0 Å². The van der Waals surface area contributed by atoms with E-state index in [1.807, 2.05) is 231 Å². The quantitative estimate of drug-likeness (QED) is 0.102. The Kier molecular flexibility index (Phi) is 11.5. The summed E-state index contributed by atoms with van der Waals surface area (Å²) in [5, 5.41) is 0. The molecule has 296 valence electrons. The van der Waals surface area contributed by atoms with Crippen LogP contribution in [0.3, 0.4) is 0 Å². The highest BCUT2D eigenvalue weighted by atomic mass is 16.5. The number of benzene rings is 9. The summed E-state index contributed by atoms with van der Waals surface area (Å²) >= 11 is 0. The Morgan fingerprint density at radius 3 is 0.803 bits per heavy atom. The maximum Gasteiger partial charge on any atom is 0.170 e. The van der Waals surface area contributed by atoms with Crippen molar-refractivity contribution in [3.63, 3.8) is 0 Å². The van der Waals surface area contributed by atoms with Gasteiger partial charge in [0.15, 0.2) is 23.0 Å². The third-order valence-corrected chi connectivity index (χ3v) is 9.22. The second-order valence-corrected chi connectivity index (χ2v) is 13.7. The third-order valence-electron chi connectivity index (χ3n) is 9.22. The second-order valence-electron chi connectivity index (χ2n) is 13.7. The van der Waals surface area contributed by atoms with Crippen molar-refractivity contribution in [3.8, 4) is 91.6 Å². The molecule has 7 heteroatoms. The fourth-order valence-corrected chi connectivity index (χ4v) is 6.41. The molecule has 61 heavy (non-hydrogen) atoms. The largest absolute Gasteiger partial charge is 0.457 e. The van der Waals surface area contributed by atoms with Crippen LogP contribution in [0.25, 0.3) is 11.1 Å². The van der Waals surface area contributed by atoms with Crippen molar-refractivity contribution in [1.82, 2.24) is 0 Å². The van der Waals surface area contributed by atoms with Gasteiger partial charge >= 0.3 is 0 Å². The van der Waals surface area contributed by atoms with Crippen LogP contribution in [-0.4, -0.2) is 0 Å². The zero-order valence-electron chi connectivity index (χ0n) is 32.8. The molecular weight excluding hydrogens is 761 g/mol. The molecule has 0 unspecified atom stereocenters. The predicted octanol–water partition coefficient (Wildman–Crippen LogP) is 15.9. The van der Waals surface area contributed by atoms with Gasteiger partial charge in [-0.25, -0.2) is 0 Å². The van der Waals surface area contributed by atoms with E-state index in [2.05, 4.69) is 0 Å². The molecule has 0 aliphatic heterocycles. The Morgan fingerprint density at radius 2 is 0.410 bits per heavy atom. The summed E-state index contributed by atoms with van der Waals surface area (Å²) < 4.78 is 43.7. The molecule has 0 atom stereocenters. The minimum atomic E-state index is 0.536. The zero-order valence-corrected chi connectivity index (χ0v) is 32.8. The molecule has 0 N–H and O–H groups in total. The number of rotatable bonds is 15. The Hall–Kier alpha value is -8.42. The summed E-state index contributed by atoms with van der Waals surface area (Å²) in [4.78, 5) is 0. The molecule has 0 heterocycles. The van der Waals surface area contributed by atoms with E-state index >= 15 is 0 Å². The molecule has 9 rings (SSSR count). The van der Waals surface area contributed by atoms with Gasteiger partial charge in [-0.15, -0.1) is 0 Å². The normalized spacial score (nSPS) is 10.6. The average Bonchev–Trinajstić information content (AvgIpc) is 3.29. The van der Waals surface area contributed by atoms with Crippen molar-refractivity contribution in [2.75, 3.05) is 0 Å². The predicted molar refractivity (Wildman–Crippen MR) is 237 cm³/mol. The van der Waals surface area contributed by atoms with Gasteiger partial charge in [0.1, 0.15) is 57.5 Å². The van der Waals surface area contributed by atoms with Gasteiger partial charge in [-0.1, -0.05) is 103 Å². The smallest absolute Gasteiger partial charge is 0.170 e. The van der Waals surface area contributed by atoms with Crippen LogP contribution in [0.15, 0.2) is 231 Å². The minimum absolute atomic E-state index is 0.536. The van der Waals surface area contributed by atoms with Crippen molar-refractivity contribution in [2.24, 2.45) is 0 Å². The van der Waals surface area contributed by atoms with Gasteiger partial charge in [0.25, 0.3) is 0 Å². The van der Waals surface area contributed by atoms with E-state index in [1.165, 1.54) is 0 Å². The molecule has 0 amide bonds. The van der Waals surface area contributed by atoms with Gasteiger partial charge in [-0.3, -0.25) is 0 Å². The first-order valence-corrected chi connectivity index (χ1v) is 19.7. The standard InChI is InChI=1S/C54H38O7/c1-3-18-41(19-4-1)55-45-24-13-26-47(36-45)58-48-27-14-25-46(37-48)56-43-22-11-16-39(34-43)40-17-12-23-44(35-40)57-49-28-15-29-50(38-49)60-52-31-8-10-33-54(52)61-53-32-9-7-30-51(53)59-42-20-5-2-6-21-42/h1-38H. The van der Waals surface area contributed by atoms with E-state index < -0.39 is 0 Å². The van der Waals surface area contributed by atoms with Gasteiger partial charge in [-0.2, -0.15) is 0 Å². The Balaban J connectivity index is 0.852. The van der Waals surface area contributed by atoms with Gasteiger partial charge in [-0.05, 0) is 120 Å². The lowest BCUT2D eigenvalue weighted by Gasteiger charge is -2.15. The van der Waals surface area contributed by atoms with Crippen LogP contribution in [0.5, 0.6) is 80.5 Å². The monoisotopic (exact) mass is 798 g/mol. The van der Waals surface area contributed by atoms with Crippen LogP contribution < -0.4 is 33.2 Å². The van der Waals surface area contributed by atoms with E-state index in [1.54, 1.807) is 0 Å². The summed E-state index contributed by atoms with van der Waals surface area (Å²) in [6.07, 6.45) is 0. The Morgan fingerprint density at radius 1 is 0.164 bits per heavy atom. The van der Waals surface area contributed by atoms with Crippen molar-refractivity contribution in [3.05, 3.63) is 231 Å². The summed E-state index contributed by atoms with van der Waals surface area (Å²) in [5.74, 6) is 8.85. The fourth-order valence-electron chi connectivity index (χ4n) is 6.41. The molecule has 0 aliphatic carbocycles. The lowest BCUT2D eigenvalue weighted by atomic mass is 10.1. The number of hydrogen-bond donors (Lipinski definition) is 0. The molecule has 9 aromatic rings. The van der Waals surface area contributed by atoms with Crippen molar-refractivity contribution >= 4 is 0 Å². The van der Waals surface area contributed by atoms with E-state index in [0.717, 1.165) is 16.9 Å². The highest BCUT2D eigenvalue weighted by Gasteiger charge is 2.13. The van der Waals surface area contributed by atoms with E-state index in [4.69, 9.17) is 33.2 Å². The lowest BCUT2D eigenvalue weighted by Crippen LogP contribution is -1.93. The summed E-state index contributed by atoms with van der Waals surface area (Å²) in [6.45, 7) is 0. The third kappa shape index (κ3) is 10.2. The van der Waals surface area contributed by atoms with Gasteiger partial charge < -0.3 is 33.2 Å². The first-order chi connectivity index (χ1) is 30.1. The van der Waals surface area contributed by atoms with Gasteiger partial charge in [0.2, 0.25) is 0 Å². The summed E-state index contributed by atoms with van der Waals surface area (Å²) in [7, 11) is 0. The molecule has 0 radical (unpaired) electrons. The molecule has 0 bridgehead atoms. The molecule has 7 nitrogen and oxygen atoms in total. The molecule has 0 aromatic heterocycles. The molecule has 0 spiro atoms. The first-order valence-electron chi connectivity index (χ1n) is 19.7. The Labute approximate surface area is 354 Å². The molecule has 0 fully saturated rings. The van der Waals surface area contributed by atoms with E-state index in [9.17, 15) is 0 Å². The number of para-hydroxylation sites is 6. The fraction of sp³-hybridized carbons (Fsp3) is 0. The van der Waals surface area contributed by atoms with Crippen LogP contribution in [0.1, 0.15) is 0 Å². The van der Waals surface area contributed by atoms with Crippen molar-refractivity contribution in [2.45, 2.75) is 0 Å². The van der Waals surface area contributed by atoms with E-state index in [-0.39, 0.29) is 0 Å². The summed E-state index contributed by atoms with van der Waals surface area (Å²) in [5.41, 5.74) is 1.93. The highest BCUT2D eigenvalue weighted by Crippen LogP contribution is 2.41. The van der Waals surface area contributed by atoms with Crippen LogP contribution in [0, 0.1) is 0 Å². The highest BCUT2D eigenvalue weighted by molar-refractivity contribution is 5.67. The number of ether oxygens (including phenoxy) is 7. The van der Waals surface area contributed by atoms with Gasteiger partial charge in [0.05, 0.1) is 0 Å². The van der Waals surface area contributed by atoms with Crippen molar-refractivity contribution in [1.29, 1.82) is 0 Å². The maximum absolute atomic E-state index is 6.36. The van der Waals surface area contributed by atoms with E-state index in [0.29, 0.717) is 74.7 Å². The van der Waals surface area contributed by atoms with Crippen LogP contribution in [0.4, 0.5) is 0 Å². The van der Waals surface area contributed by atoms with Crippen LogP contribution in [0.2, 0.25) is 0 Å². The summed E-state index contributed by atoms with van der Waals surface area (Å²) in [6, 6.07) is 72.7.